The zero-order valence-electron chi connectivity index (χ0n) is 13.0. The van der Waals surface area contributed by atoms with Crippen molar-refractivity contribution in [3.8, 4) is 5.69 Å². The Morgan fingerprint density at radius 3 is 2.83 bits per heavy atom. The molecule has 3 aromatic rings. The van der Waals surface area contributed by atoms with E-state index in [1.165, 1.54) is 0 Å². The molecular formula is C17H17ClN4O. The highest BCUT2D eigenvalue weighted by molar-refractivity contribution is 6.35. The lowest BCUT2D eigenvalue weighted by molar-refractivity contribution is 0.770. The van der Waals surface area contributed by atoms with Crippen LogP contribution in [0.3, 0.4) is 0 Å². The van der Waals surface area contributed by atoms with Crippen LogP contribution >= 0.6 is 11.6 Å². The van der Waals surface area contributed by atoms with Crippen LogP contribution in [0.5, 0.6) is 0 Å². The molecule has 0 spiro atoms. The van der Waals surface area contributed by atoms with Crippen molar-refractivity contribution in [2.75, 3.05) is 5.73 Å². The van der Waals surface area contributed by atoms with Crippen molar-refractivity contribution in [3.05, 3.63) is 57.2 Å². The molecule has 2 aromatic heterocycles. The molecule has 118 valence electrons. The zero-order chi connectivity index (χ0) is 16.6. The Hall–Kier alpha value is -2.40. The molecule has 0 unspecified atom stereocenters. The predicted octanol–water partition coefficient (Wildman–Crippen LogP) is 3.28. The summed E-state index contributed by atoms with van der Waals surface area (Å²) >= 11 is 6.23. The maximum Gasteiger partial charge on any atom is 0.267 e. The van der Waals surface area contributed by atoms with Gasteiger partial charge in [0.05, 0.1) is 27.8 Å². The highest BCUT2D eigenvalue weighted by Crippen LogP contribution is 2.22. The molecule has 23 heavy (non-hydrogen) atoms. The summed E-state index contributed by atoms with van der Waals surface area (Å²) < 4.78 is 1.60. The molecule has 3 rings (SSSR count). The Kier molecular flexibility index (Phi) is 4.05. The number of pyridine rings is 1. The molecule has 0 radical (unpaired) electrons. The van der Waals surface area contributed by atoms with Crippen LogP contribution in [-0.4, -0.2) is 14.5 Å². The summed E-state index contributed by atoms with van der Waals surface area (Å²) in [4.78, 5) is 21.8. The third-order valence-corrected chi connectivity index (χ3v) is 4.05. The molecule has 1 aromatic carbocycles. The number of anilines is 1. The van der Waals surface area contributed by atoms with E-state index in [4.69, 9.17) is 17.3 Å². The van der Waals surface area contributed by atoms with E-state index >= 15 is 0 Å². The number of rotatable bonds is 3. The number of fused-ring (bicyclic) bond motifs is 1. The first-order chi connectivity index (χ1) is 11.0. The van der Waals surface area contributed by atoms with Crippen molar-refractivity contribution in [2.45, 2.75) is 26.7 Å². The monoisotopic (exact) mass is 328 g/mol. The Morgan fingerprint density at radius 1 is 1.35 bits per heavy atom. The molecule has 2 heterocycles. The van der Waals surface area contributed by atoms with Gasteiger partial charge < -0.3 is 5.73 Å². The number of aryl methyl sites for hydroxylation is 2. The minimum atomic E-state index is -0.182. The number of nitrogens with two attached hydrogens (primary N) is 1. The summed E-state index contributed by atoms with van der Waals surface area (Å²) in [5.74, 6) is 1.12. The van der Waals surface area contributed by atoms with Crippen LogP contribution in [0.1, 0.15) is 24.7 Å². The summed E-state index contributed by atoms with van der Waals surface area (Å²) in [5.41, 5.74) is 7.70. The summed E-state index contributed by atoms with van der Waals surface area (Å²) in [5, 5.41) is 0.822. The average molecular weight is 329 g/mol. The van der Waals surface area contributed by atoms with Crippen molar-refractivity contribution < 1.29 is 0 Å². The summed E-state index contributed by atoms with van der Waals surface area (Å²) in [6, 6.07) is 7.05. The highest BCUT2D eigenvalue weighted by Gasteiger charge is 2.16. The topological polar surface area (TPSA) is 73.8 Å². The number of halogens is 1. The van der Waals surface area contributed by atoms with E-state index in [1.807, 2.05) is 13.8 Å². The second-order valence-electron chi connectivity index (χ2n) is 5.45. The van der Waals surface area contributed by atoms with Gasteiger partial charge in [-0.3, -0.25) is 9.36 Å². The van der Waals surface area contributed by atoms with Crippen LogP contribution in [0.2, 0.25) is 5.02 Å². The van der Waals surface area contributed by atoms with Gasteiger partial charge >= 0.3 is 0 Å². The average Bonchev–Trinajstić information content (AvgIpc) is 2.49. The number of hydrogen-bond acceptors (Lipinski definition) is 4. The molecule has 0 bridgehead atoms. The van der Waals surface area contributed by atoms with Gasteiger partial charge in [0, 0.05) is 6.42 Å². The first-order valence-electron chi connectivity index (χ1n) is 7.45. The van der Waals surface area contributed by atoms with Gasteiger partial charge in [-0.05, 0) is 37.1 Å². The number of nitrogens with zero attached hydrogens (tertiary/aromatic N) is 3. The van der Waals surface area contributed by atoms with Gasteiger partial charge in [-0.1, -0.05) is 24.6 Å². The van der Waals surface area contributed by atoms with Gasteiger partial charge in [-0.25, -0.2) is 9.97 Å². The van der Waals surface area contributed by atoms with Crippen LogP contribution in [0.25, 0.3) is 16.6 Å². The SMILES string of the molecule is CCCc1nc2cccc(Cl)c2c(=O)n1-c1cnc(N)cc1C. The summed E-state index contributed by atoms with van der Waals surface area (Å²) in [6.45, 7) is 3.94. The van der Waals surface area contributed by atoms with Crippen LogP contribution in [0.15, 0.2) is 35.3 Å². The lowest BCUT2D eigenvalue weighted by Crippen LogP contribution is -2.25. The first kappa shape index (κ1) is 15.5. The predicted molar refractivity (Wildman–Crippen MR) is 93.3 cm³/mol. The maximum absolute atomic E-state index is 13.1. The summed E-state index contributed by atoms with van der Waals surface area (Å²) in [6.07, 6.45) is 3.16. The maximum atomic E-state index is 13.1. The van der Waals surface area contributed by atoms with Gasteiger partial charge in [0.25, 0.3) is 5.56 Å². The Balaban J connectivity index is 2.42. The van der Waals surface area contributed by atoms with Crippen LogP contribution in [0.4, 0.5) is 5.82 Å². The van der Waals surface area contributed by atoms with E-state index < -0.39 is 0 Å². The summed E-state index contributed by atoms with van der Waals surface area (Å²) in [7, 11) is 0. The number of hydrogen-bond donors (Lipinski definition) is 1. The van der Waals surface area contributed by atoms with E-state index in [0.717, 1.165) is 12.0 Å². The van der Waals surface area contributed by atoms with Crippen LogP contribution in [0, 0.1) is 6.92 Å². The lowest BCUT2D eigenvalue weighted by atomic mass is 10.2. The molecule has 0 fully saturated rings. The molecule has 5 nitrogen and oxygen atoms in total. The van der Waals surface area contributed by atoms with Gasteiger partial charge in [-0.15, -0.1) is 0 Å². The Morgan fingerprint density at radius 2 is 2.13 bits per heavy atom. The molecule has 0 aliphatic heterocycles. The third kappa shape index (κ3) is 2.68. The minimum Gasteiger partial charge on any atom is -0.384 e. The fourth-order valence-electron chi connectivity index (χ4n) is 2.68. The lowest BCUT2D eigenvalue weighted by Gasteiger charge is -2.15. The minimum absolute atomic E-state index is 0.182. The van der Waals surface area contributed by atoms with Gasteiger partial charge in [0.1, 0.15) is 11.6 Å². The van der Waals surface area contributed by atoms with E-state index in [9.17, 15) is 4.79 Å². The molecule has 6 heteroatoms. The zero-order valence-corrected chi connectivity index (χ0v) is 13.8. The van der Waals surface area contributed by atoms with E-state index in [1.54, 1.807) is 35.0 Å². The first-order valence-corrected chi connectivity index (χ1v) is 7.83. The van der Waals surface area contributed by atoms with E-state index in [-0.39, 0.29) is 5.56 Å². The van der Waals surface area contributed by atoms with Crippen molar-refractivity contribution in [1.29, 1.82) is 0 Å². The van der Waals surface area contributed by atoms with Crippen LogP contribution in [-0.2, 0) is 6.42 Å². The van der Waals surface area contributed by atoms with Crippen LogP contribution < -0.4 is 11.3 Å². The molecule has 0 atom stereocenters. The van der Waals surface area contributed by atoms with Gasteiger partial charge in [0.15, 0.2) is 0 Å². The quantitative estimate of drug-likeness (QED) is 0.800. The number of benzene rings is 1. The van der Waals surface area contributed by atoms with Crippen molar-refractivity contribution in [3.63, 3.8) is 0 Å². The Labute approximate surface area is 138 Å². The number of nitrogen functional groups attached to an aromatic ring is 1. The van der Waals surface area contributed by atoms with Crippen molar-refractivity contribution in [2.24, 2.45) is 0 Å². The van der Waals surface area contributed by atoms with E-state index in [0.29, 0.717) is 39.7 Å². The largest absolute Gasteiger partial charge is 0.384 e. The molecule has 2 N–H and O–H groups in total. The smallest absolute Gasteiger partial charge is 0.267 e. The molecule has 0 aliphatic rings. The van der Waals surface area contributed by atoms with Crippen molar-refractivity contribution in [1.82, 2.24) is 14.5 Å². The van der Waals surface area contributed by atoms with Crippen molar-refractivity contribution >= 4 is 28.3 Å². The van der Waals surface area contributed by atoms with E-state index in [2.05, 4.69) is 9.97 Å². The molecular weight excluding hydrogens is 312 g/mol. The van der Waals surface area contributed by atoms with Gasteiger partial charge in [0.2, 0.25) is 0 Å². The van der Waals surface area contributed by atoms with Gasteiger partial charge in [-0.2, -0.15) is 0 Å². The third-order valence-electron chi connectivity index (χ3n) is 3.74. The fourth-order valence-corrected chi connectivity index (χ4v) is 2.93. The molecule has 0 saturated heterocycles. The Bertz CT molecular complexity index is 949. The molecule has 0 amide bonds. The second kappa shape index (κ2) is 6.01. The highest BCUT2D eigenvalue weighted by atomic mass is 35.5. The molecule has 0 aliphatic carbocycles. The molecule has 0 saturated carbocycles. The normalized spacial score (nSPS) is 11.1. The fraction of sp³-hybridized carbons (Fsp3) is 0.235. The second-order valence-corrected chi connectivity index (χ2v) is 5.86. The standard InChI is InChI=1S/C17H17ClN4O/c1-3-5-15-21-12-7-4-6-11(18)16(12)17(23)22(15)13-9-20-14(19)8-10(13)2/h4,6-9H,3,5H2,1-2H3,(H2,19,20). The number of aromatic nitrogens is 3.